The van der Waals surface area contributed by atoms with Crippen LogP contribution in [-0.2, 0) is 14.2 Å². The third kappa shape index (κ3) is 5.54. The van der Waals surface area contributed by atoms with Gasteiger partial charge in [-0.05, 0) is 13.3 Å². The van der Waals surface area contributed by atoms with Crippen LogP contribution in [0.1, 0.15) is 13.3 Å². The van der Waals surface area contributed by atoms with E-state index in [1.807, 2.05) is 6.92 Å². The van der Waals surface area contributed by atoms with Crippen molar-refractivity contribution < 1.29 is 14.2 Å². The molecular weight excluding hydrogens is 182 g/mol. The molecule has 1 rings (SSSR count). The molecule has 1 aliphatic heterocycles. The molecule has 4 heteroatoms. The fraction of sp³-hybridized carbons (Fsp3) is 1.00. The van der Waals surface area contributed by atoms with E-state index in [2.05, 4.69) is 5.32 Å². The van der Waals surface area contributed by atoms with Crippen LogP contribution in [0.4, 0.5) is 0 Å². The second-order valence-electron chi connectivity index (χ2n) is 3.30. The van der Waals surface area contributed by atoms with E-state index in [-0.39, 0.29) is 0 Å². The molecule has 1 unspecified atom stereocenters. The summed E-state index contributed by atoms with van der Waals surface area (Å²) in [5.41, 5.74) is 0. The van der Waals surface area contributed by atoms with Crippen LogP contribution in [0.3, 0.4) is 0 Å². The van der Waals surface area contributed by atoms with Gasteiger partial charge in [-0.3, -0.25) is 0 Å². The fourth-order valence-corrected chi connectivity index (χ4v) is 1.36. The first-order valence-corrected chi connectivity index (χ1v) is 5.41. The maximum absolute atomic E-state index is 5.58. The molecule has 0 bridgehead atoms. The SMILES string of the molecule is CCOCCNCCOC1CCOC1. The Morgan fingerprint density at radius 2 is 2.21 bits per heavy atom. The van der Waals surface area contributed by atoms with Crippen molar-refractivity contribution in [1.29, 1.82) is 0 Å². The second-order valence-corrected chi connectivity index (χ2v) is 3.30. The molecule has 4 nitrogen and oxygen atoms in total. The van der Waals surface area contributed by atoms with Gasteiger partial charge in [-0.15, -0.1) is 0 Å². The molecule has 0 aromatic carbocycles. The molecule has 0 saturated carbocycles. The average Bonchev–Trinajstić information content (AvgIpc) is 2.69. The summed E-state index contributed by atoms with van der Waals surface area (Å²) in [5, 5.41) is 3.25. The van der Waals surface area contributed by atoms with Gasteiger partial charge in [0.2, 0.25) is 0 Å². The summed E-state index contributed by atoms with van der Waals surface area (Å²) >= 11 is 0. The van der Waals surface area contributed by atoms with E-state index in [0.29, 0.717) is 6.10 Å². The van der Waals surface area contributed by atoms with Crippen LogP contribution in [0.15, 0.2) is 0 Å². The van der Waals surface area contributed by atoms with Gasteiger partial charge in [0.15, 0.2) is 0 Å². The molecule has 0 radical (unpaired) electrons. The Morgan fingerprint density at radius 3 is 2.93 bits per heavy atom. The van der Waals surface area contributed by atoms with Crippen LogP contribution in [0.25, 0.3) is 0 Å². The van der Waals surface area contributed by atoms with E-state index in [0.717, 1.165) is 52.5 Å². The lowest BCUT2D eigenvalue weighted by Gasteiger charge is -2.10. The summed E-state index contributed by atoms with van der Waals surface area (Å²) in [6, 6.07) is 0. The quantitative estimate of drug-likeness (QED) is 0.580. The molecule has 0 spiro atoms. The largest absolute Gasteiger partial charge is 0.380 e. The number of hydrogen-bond acceptors (Lipinski definition) is 4. The van der Waals surface area contributed by atoms with Crippen LogP contribution in [-0.4, -0.2) is 52.2 Å². The van der Waals surface area contributed by atoms with Crippen LogP contribution < -0.4 is 5.32 Å². The predicted octanol–water partition coefficient (Wildman–Crippen LogP) is 0.418. The Morgan fingerprint density at radius 1 is 1.36 bits per heavy atom. The normalized spacial score (nSPS) is 21.6. The minimum atomic E-state index is 0.323. The molecule has 1 atom stereocenters. The average molecular weight is 203 g/mol. The van der Waals surface area contributed by atoms with Gasteiger partial charge in [0.25, 0.3) is 0 Å². The van der Waals surface area contributed by atoms with Gasteiger partial charge >= 0.3 is 0 Å². The molecule has 14 heavy (non-hydrogen) atoms. The van der Waals surface area contributed by atoms with Gasteiger partial charge in [-0.1, -0.05) is 0 Å². The third-order valence-electron chi connectivity index (χ3n) is 2.15. The van der Waals surface area contributed by atoms with Crippen LogP contribution in [0.5, 0.6) is 0 Å². The van der Waals surface area contributed by atoms with Gasteiger partial charge in [-0.2, -0.15) is 0 Å². The van der Waals surface area contributed by atoms with Crippen molar-refractivity contribution in [1.82, 2.24) is 5.32 Å². The van der Waals surface area contributed by atoms with Crippen molar-refractivity contribution in [3.63, 3.8) is 0 Å². The molecule has 0 amide bonds. The lowest BCUT2D eigenvalue weighted by atomic mass is 10.3. The summed E-state index contributed by atoms with van der Waals surface area (Å²) in [5.74, 6) is 0. The summed E-state index contributed by atoms with van der Waals surface area (Å²) in [6.07, 6.45) is 1.36. The van der Waals surface area contributed by atoms with Crippen molar-refractivity contribution in [3.8, 4) is 0 Å². The summed E-state index contributed by atoms with van der Waals surface area (Å²) in [4.78, 5) is 0. The number of ether oxygens (including phenoxy) is 3. The molecule has 1 aliphatic rings. The highest BCUT2D eigenvalue weighted by atomic mass is 16.5. The molecule has 1 saturated heterocycles. The van der Waals surface area contributed by atoms with Gasteiger partial charge in [0, 0.05) is 26.3 Å². The van der Waals surface area contributed by atoms with Gasteiger partial charge in [0.1, 0.15) is 0 Å². The highest BCUT2D eigenvalue weighted by Crippen LogP contribution is 2.06. The lowest BCUT2D eigenvalue weighted by Crippen LogP contribution is -2.26. The molecule has 0 aromatic rings. The summed E-state index contributed by atoms with van der Waals surface area (Å²) < 4.78 is 16.0. The van der Waals surface area contributed by atoms with Crippen LogP contribution in [0.2, 0.25) is 0 Å². The van der Waals surface area contributed by atoms with Gasteiger partial charge in [0.05, 0.1) is 25.9 Å². The second kappa shape index (κ2) is 8.17. The Hall–Kier alpha value is -0.160. The number of hydrogen-bond donors (Lipinski definition) is 1. The van der Waals surface area contributed by atoms with Crippen LogP contribution in [0, 0.1) is 0 Å². The minimum Gasteiger partial charge on any atom is -0.380 e. The molecular formula is C10H21NO3. The molecule has 84 valence electrons. The van der Waals surface area contributed by atoms with Gasteiger partial charge in [-0.25, -0.2) is 0 Å². The summed E-state index contributed by atoms with van der Waals surface area (Å²) in [7, 11) is 0. The molecule has 0 aliphatic carbocycles. The maximum Gasteiger partial charge on any atom is 0.0831 e. The standard InChI is InChI=1S/C10H21NO3/c1-2-12-7-4-11-5-8-14-10-3-6-13-9-10/h10-11H,2-9H2,1H3. The first-order valence-electron chi connectivity index (χ1n) is 5.41. The Bertz CT molecular complexity index is 127. The zero-order valence-corrected chi connectivity index (χ0v) is 8.96. The Balaban J connectivity index is 1.75. The molecule has 1 N–H and O–H groups in total. The first kappa shape index (κ1) is 11.9. The minimum absolute atomic E-state index is 0.323. The predicted molar refractivity (Wildman–Crippen MR) is 54.5 cm³/mol. The van der Waals surface area contributed by atoms with Crippen molar-refractivity contribution >= 4 is 0 Å². The van der Waals surface area contributed by atoms with Crippen molar-refractivity contribution in [3.05, 3.63) is 0 Å². The molecule has 1 fully saturated rings. The molecule has 0 aromatic heterocycles. The van der Waals surface area contributed by atoms with Crippen molar-refractivity contribution in [2.24, 2.45) is 0 Å². The topological polar surface area (TPSA) is 39.7 Å². The first-order chi connectivity index (χ1) is 6.93. The van der Waals surface area contributed by atoms with Gasteiger partial charge < -0.3 is 19.5 Å². The lowest BCUT2D eigenvalue weighted by molar-refractivity contribution is 0.0436. The van der Waals surface area contributed by atoms with Crippen LogP contribution >= 0.6 is 0 Å². The zero-order valence-electron chi connectivity index (χ0n) is 8.96. The van der Waals surface area contributed by atoms with E-state index in [1.54, 1.807) is 0 Å². The Labute approximate surface area is 85.9 Å². The van der Waals surface area contributed by atoms with Crippen molar-refractivity contribution in [2.45, 2.75) is 19.4 Å². The van der Waals surface area contributed by atoms with E-state index in [1.165, 1.54) is 0 Å². The molecule has 1 heterocycles. The van der Waals surface area contributed by atoms with E-state index < -0.39 is 0 Å². The smallest absolute Gasteiger partial charge is 0.0831 e. The highest BCUT2D eigenvalue weighted by Gasteiger charge is 2.14. The number of nitrogens with one attached hydrogen (secondary N) is 1. The monoisotopic (exact) mass is 203 g/mol. The Kier molecular flexibility index (Phi) is 6.95. The van der Waals surface area contributed by atoms with Crippen molar-refractivity contribution in [2.75, 3.05) is 46.1 Å². The zero-order chi connectivity index (χ0) is 10.1. The van der Waals surface area contributed by atoms with E-state index >= 15 is 0 Å². The summed E-state index contributed by atoms with van der Waals surface area (Å²) in [6.45, 7) is 7.74. The number of rotatable bonds is 8. The maximum atomic E-state index is 5.58. The highest BCUT2D eigenvalue weighted by molar-refractivity contribution is 4.62. The fourth-order valence-electron chi connectivity index (χ4n) is 1.36. The van der Waals surface area contributed by atoms with E-state index in [4.69, 9.17) is 14.2 Å². The van der Waals surface area contributed by atoms with E-state index in [9.17, 15) is 0 Å². The third-order valence-corrected chi connectivity index (χ3v) is 2.15.